The largest absolute Gasteiger partial charge is 0.358 e. The first-order valence-corrected chi connectivity index (χ1v) is 12.0. The van der Waals surface area contributed by atoms with Crippen LogP contribution in [0.1, 0.15) is 36.9 Å². The minimum absolute atomic E-state index is 0.0192. The van der Waals surface area contributed by atoms with E-state index in [1.165, 1.54) is 25.0 Å². The van der Waals surface area contributed by atoms with Crippen molar-refractivity contribution in [2.45, 2.75) is 32.6 Å². The average molecular weight is 486 g/mol. The molecule has 1 aliphatic heterocycles. The fraction of sp³-hybridized carbons (Fsp3) is 0.280. The molecule has 36 heavy (non-hydrogen) atoms. The molecule has 0 atom stereocenters. The number of fused-ring (bicyclic) bond motifs is 1. The first-order chi connectivity index (χ1) is 17.6. The second-order valence-electron chi connectivity index (χ2n) is 8.69. The first kappa shape index (κ1) is 23.2. The second kappa shape index (κ2) is 10.4. The fourth-order valence-electron chi connectivity index (χ4n) is 4.30. The lowest BCUT2D eigenvalue weighted by Gasteiger charge is -2.21. The third-order valence-corrected chi connectivity index (χ3v) is 6.15. The lowest BCUT2D eigenvalue weighted by atomic mass is 10.1. The Hall–Kier alpha value is -4.54. The van der Waals surface area contributed by atoms with E-state index >= 15 is 0 Å². The molecule has 0 aliphatic carbocycles. The number of aromatic amines is 1. The van der Waals surface area contributed by atoms with E-state index in [1.54, 1.807) is 18.3 Å². The maximum Gasteiger partial charge on any atom is 0.269 e. The van der Waals surface area contributed by atoms with Gasteiger partial charge in [-0.3, -0.25) is 10.1 Å². The topological polar surface area (TPSA) is 137 Å². The van der Waals surface area contributed by atoms with Crippen LogP contribution < -0.4 is 15.6 Å². The van der Waals surface area contributed by atoms with E-state index in [1.807, 2.05) is 31.2 Å². The molecule has 0 radical (unpaired) electrons. The van der Waals surface area contributed by atoms with E-state index in [2.05, 4.69) is 40.7 Å². The quantitative estimate of drug-likeness (QED) is 0.186. The van der Waals surface area contributed by atoms with Gasteiger partial charge < -0.3 is 15.2 Å². The number of hydrogen-bond acceptors (Lipinski definition) is 9. The number of non-ortho nitro benzene ring substituents is 1. The highest BCUT2D eigenvalue weighted by atomic mass is 16.6. The van der Waals surface area contributed by atoms with Crippen LogP contribution in [-0.2, 0) is 0 Å². The Morgan fingerprint density at radius 3 is 2.47 bits per heavy atom. The smallest absolute Gasteiger partial charge is 0.269 e. The van der Waals surface area contributed by atoms with E-state index in [-0.39, 0.29) is 5.69 Å². The fourth-order valence-corrected chi connectivity index (χ4v) is 4.30. The van der Waals surface area contributed by atoms with Gasteiger partial charge in [0.15, 0.2) is 0 Å². The van der Waals surface area contributed by atoms with Gasteiger partial charge in [0.2, 0.25) is 17.8 Å². The zero-order chi connectivity index (χ0) is 24.9. The van der Waals surface area contributed by atoms with Crippen LogP contribution >= 0.6 is 0 Å². The molecule has 5 rings (SSSR count). The molecular formula is C25H27N9O2. The van der Waals surface area contributed by atoms with Gasteiger partial charge in [0, 0.05) is 53.1 Å². The van der Waals surface area contributed by atoms with Crippen molar-refractivity contribution in [2.24, 2.45) is 5.10 Å². The summed E-state index contributed by atoms with van der Waals surface area (Å²) < 4.78 is 0. The van der Waals surface area contributed by atoms with Gasteiger partial charge in [0.1, 0.15) is 0 Å². The number of para-hydroxylation sites is 1. The van der Waals surface area contributed by atoms with E-state index in [4.69, 9.17) is 0 Å². The Morgan fingerprint density at radius 2 is 1.72 bits per heavy atom. The number of H-pyrrole nitrogens is 1. The number of aryl methyl sites for hydroxylation is 1. The number of nitrogens with one attached hydrogen (secondary N) is 3. The number of rotatable bonds is 7. The summed E-state index contributed by atoms with van der Waals surface area (Å²) in [5.74, 6) is 1.21. The highest BCUT2D eigenvalue weighted by molar-refractivity contribution is 6.00. The lowest BCUT2D eigenvalue weighted by molar-refractivity contribution is -0.384. The summed E-state index contributed by atoms with van der Waals surface area (Å²) in [5, 5.41) is 19.6. The summed E-state index contributed by atoms with van der Waals surface area (Å²) >= 11 is 0. The van der Waals surface area contributed by atoms with Gasteiger partial charge in [-0.15, -0.1) is 0 Å². The Labute approximate surface area is 207 Å². The molecule has 1 fully saturated rings. The summed E-state index contributed by atoms with van der Waals surface area (Å²) in [6, 6.07) is 14.2. The summed E-state index contributed by atoms with van der Waals surface area (Å²) in [6.45, 7) is 3.75. The van der Waals surface area contributed by atoms with Crippen molar-refractivity contribution < 1.29 is 4.92 Å². The van der Waals surface area contributed by atoms with Gasteiger partial charge in [-0.05, 0) is 38.0 Å². The van der Waals surface area contributed by atoms with Gasteiger partial charge in [-0.1, -0.05) is 31.0 Å². The molecule has 3 N–H and O–H groups in total. The zero-order valence-electron chi connectivity index (χ0n) is 19.9. The molecule has 1 saturated heterocycles. The van der Waals surface area contributed by atoms with Crippen molar-refractivity contribution in [1.29, 1.82) is 0 Å². The monoisotopic (exact) mass is 485 g/mol. The van der Waals surface area contributed by atoms with Gasteiger partial charge in [-0.25, -0.2) is 5.43 Å². The number of hydrogen-bond donors (Lipinski definition) is 3. The molecule has 4 aromatic rings. The Bertz CT molecular complexity index is 1390. The maximum absolute atomic E-state index is 11.0. The number of aromatic nitrogens is 4. The number of nitro benzene ring substituents is 1. The third kappa shape index (κ3) is 5.24. The van der Waals surface area contributed by atoms with Crippen molar-refractivity contribution in [1.82, 2.24) is 19.9 Å². The van der Waals surface area contributed by atoms with Crippen LogP contribution in [0.4, 0.5) is 29.2 Å². The number of anilines is 4. The van der Waals surface area contributed by atoms with Crippen LogP contribution in [0.2, 0.25) is 0 Å². The van der Waals surface area contributed by atoms with Crippen LogP contribution in [0.15, 0.2) is 53.6 Å². The van der Waals surface area contributed by atoms with Crippen LogP contribution in [0.5, 0.6) is 0 Å². The molecule has 0 bridgehead atoms. The number of benzene rings is 2. The maximum atomic E-state index is 11.0. The number of nitrogens with zero attached hydrogens (tertiary/aromatic N) is 6. The van der Waals surface area contributed by atoms with Crippen LogP contribution in [-0.4, -0.2) is 44.2 Å². The molecule has 11 heteroatoms. The van der Waals surface area contributed by atoms with Crippen molar-refractivity contribution >= 4 is 46.3 Å². The number of nitro groups is 1. The Morgan fingerprint density at radius 1 is 1.00 bits per heavy atom. The van der Waals surface area contributed by atoms with Crippen molar-refractivity contribution in [2.75, 3.05) is 28.7 Å². The predicted octanol–water partition coefficient (Wildman–Crippen LogP) is 5.14. The van der Waals surface area contributed by atoms with E-state index in [0.29, 0.717) is 23.5 Å². The minimum atomic E-state index is -0.431. The molecule has 0 unspecified atom stereocenters. The van der Waals surface area contributed by atoms with E-state index in [9.17, 15) is 10.1 Å². The van der Waals surface area contributed by atoms with Crippen molar-refractivity contribution in [3.8, 4) is 0 Å². The van der Waals surface area contributed by atoms with E-state index < -0.39 is 4.92 Å². The zero-order valence-corrected chi connectivity index (χ0v) is 19.9. The minimum Gasteiger partial charge on any atom is -0.358 e. The van der Waals surface area contributed by atoms with Crippen molar-refractivity contribution in [3.63, 3.8) is 0 Å². The Kier molecular flexibility index (Phi) is 6.69. The summed E-state index contributed by atoms with van der Waals surface area (Å²) in [7, 11) is 0. The molecule has 1 aliphatic rings. The second-order valence-corrected chi connectivity index (χ2v) is 8.69. The molecule has 11 nitrogen and oxygen atoms in total. The lowest BCUT2D eigenvalue weighted by Crippen LogP contribution is -2.26. The van der Waals surface area contributed by atoms with Crippen LogP contribution in [0.25, 0.3) is 10.9 Å². The predicted molar refractivity (Wildman–Crippen MR) is 141 cm³/mol. The molecule has 2 aromatic carbocycles. The van der Waals surface area contributed by atoms with Crippen LogP contribution in [0.3, 0.4) is 0 Å². The first-order valence-electron chi connectivity index (χ1n) is 12.0. The molecule has 3 heterocycles. The highest BCUT2D eigenvalue weighted by Gasteiger charge is 2.16. The third-order valence-electron chi connectivity index (χ3n) is 6.15. The molecule has 184 valence electrons. The van der Waals surface area contributed by atoms with Crippen molar-refractivity contribution in [3.05, 3.63) is 69.9 Å². The average Bonchev–Trinajstić information content (AvgIpc) is 3.03. The van der Waals surface area contributed by atoms with E-state index in [0.717, 1.165) is 48.1 Å². The summed E-state index contributed by atoms with van der Waals surface area (Å²) in [6.07, 6.45) is 6.30. The van der Waals surface area contributed by atoms with Gasteiger partial charge in [0.25, 0.3) is 5.69 Å². The van der Waals surface area contributed by atoms with Gasteiger partial charge in [-0.2, -0.15) is 20.1 Å². The molecule has 0 saturated carbocycles. The molecule has 0 spiro atoms. The van der Waals surface area contributed by atoms with Gasteiger partial charge >= 0.3 is 0 Å². The number of hydrazone groups is 1. The summed E-state index contributed by atoms with van der Waals surface area (Å²) in [4.78, 5) is 29.8. The highest BCUT2D eigenvalue weighted by Crippen LogP contribution is 2.23. The standard InChI is InChI=1S/C25H27N9O2/c1-17-21(20-8-4-5-9-22(20)27-17)16-26-32-24-29-23(28-18-10-12-19(13-11-18)34(35)36)30-25(31-24)33-14-6-2-3-7-15-33/h4-5,8-13,16,27H,2-3,6-7,14-15H2,1H3,(H2,28,29,30,31,32)/b26-16+. The summed E-state index contributed by atoms with van der Waals surface area (Å²) in [5.41, 5.74) is 6.67. The van der Waals surface area contributed by atoms with Crippen LogP contribution in [0, 0.1) is 17.0 Å². The molecule has 0 amide bonds. The Balaban J connectivity index is 1.41. The SMILES string of the molecule is Cc1[nH]c2ccccc2c1/C=N/Nc1nc(Nc2ccc([N+](=O)[O-])cc2)nc(N2CCCCCC2)n1. The van der Waals surface area contributed by atoms with Gasteiger partial charge in [0.05, 0.1) is 11.1 Å². The normalized spacial score (nSPS) is 14.2. The molecule has 2 aromatic heterocycles. The molecular weight excluding hydrogens is 458 g/mol.